The topological polar surface area (TPSA) is 78.5 Å². The van der Waals surface area contributed by atoms with E-state index in [1.165, 1.54) is 0 Å². The van der Waals surface area contributed by atoms with Crippen molar-refractivity contribution in [1.82, 2.24) is 14.9 Å². The summed E-state index contributed by atoms with van der Waals surface area (Å²) in [5.41, 5.74) is 1.02. The molecule has 2 N–H and O–H groups in total. The third kappa shape index (κ3) is 4.94. The Morgan fingerprint density at radius 3 is 2.39 bits per heavy atom. The minimum absolute atomic E-state index is 0.0632. The van der Waals surface area contributed by atoms with Crippen molar-refractivity contribution in [2.45, 2.75) is 44.0 Å². The second kappa shape index (κ2) is 7.79. The lowest BCUT2D eigenvalue weighted by atomic mass is 10.1. The first-order valence-corrected chi connectivity index (χ1v) is 9.52. The largest absolute Gasteiger partial charge is 0.338 e. The normalized spacial score (nSPS) is 16.3. The number of hydrogen-bond donors (Lipinski definition) is 2. The molecular formula is C16H25N3O3S. The van der Waals surface area contributed by atoms with Gasteiger partial charge in [-0.25, -0.2) is 17.9 Å². The fraction of sp³-hybridized carbons (Fsp3) is 0.562. The number of aryl methyl sites for hydroxylation is 1. The van der Waals surface area contributed by atoms with Crippen LogP contribution in [0.25, 0.3) is 0 Å². The highest BCUT2D eigenvalue weighted by atomic mass is 32.2. The number of amides is 2. The molecule has 0 unspecified atom stereocenters. The van der Waals surface area contributed by atoms with Gasteiger partial charge in [-0.15, -0.1) is 0 Å². The Morgan fingerprint density at radius 1 is 1.22 bits per heavy atom. The van der Waals surface area contributed by atoms with E-state index in [1.54, 1.807) is 29.2 Å². The summed E-state index contributed by atoms with van der Waals surface area (Å²) in [5.74, 6) is 0. The van der Waals surface area contributed by atoms with Gasteiger partial charge in [-0.1, -0.05) is 24.6 Å². The van der Waals surface area contributed by atoms with Gasteiger partial charge in [0.1, 0.15) is 0 Å². The molecule has 0 aromatic heterocycles. The van der Waals surface area contributed by atoms with Gasteiger partial charge in [-0.2, -0.15) is 0 Å². The van der Waals surface area contributed by atoms with Gasteiger partial charge in [0.2, 0.25) is 10.0 Å². The molecule has 23 heavy (non-hydrogen) atoms. The second-order valence-electron chi connectivity index (χ2n) is 5.93. The zero-order chi connectivity index (χ0) is 16.9. The van der Waals surface area contributed by atoms with Crippen molar-refractivity contribution in [3.8, 4) is 0 Å². The summed E-state index contributed by atoms with van der Waals surface area (Å²) in [5, 5.41) is 2.84. The van der Waals surface area contributed by atoms with Crippen LogP contribution in [0.3, 0.4) is 0 Å². The molecule has 0 bridgehead atoms. The third-order valence-electron chi connectivity index (χ3n) is 3.96. The molecule has 1 aromatic rings. The number of sulfonamides is 1. The fourth-order valence-corrected chi connectivity index (χ4v) is 3.85. The summed E-state index contributed by atoms with van der Waals surface area (Å²) in [4.78, 5) is 13.9. The molecule has 0 atom stereocenters. The van der Waals surface area contributed by atoms with Gasteiger partial charge in [0.15, 0.2) is 0 Å². The predicted octanol–water partition coefficient (Wildman–Crippen LogP) is 1.86. The van der Waals surface area contributed by atoms with Crippen LogP contribution in [0, 0.1) is 6.92 Å². The maximum absolute atomic E-state index is 12.4. The van der Waals surface area contributed by atoms with Crippen molar-refractivity contribution in [3.63, 3.8) is 0 Å². The van der Waals surface area contributed by atoms with Crippen LogP contribution in [0.1, 0.15) is 31.7 Å². The molecule has 128 valence electrons. The molecule has 0 spiro atoms. The summed E-state index contributed by atoms with van der Waals surface area (Å²) in [6.07, 6.45) is 2.16. The molecule has 7 heteroatoms. The predicted molar refractivity (Wildman–Crippen MR) is 89.8 cm³/mol. The van der Waals surface area contributed by atoms with Crippen LogP contribution in [0.15, 0.2) is 29.2 Å². The molecule has 1 aliphatic rings. The standard InChI is InChI=1S/C16H25N3O3S/c1-3-10-17-16(20)19-11-8-14(9-12-19)18-23(21,22)15-6-4-13(2)5-7-15/h4-7,14,18H,3,8-12H2,1-2H3,(H,17,20). The zero-order valence-electron chi connectivity index (χ0n) is 13.7. The van der Waals surface area contributed by atoms with E-state index in [9.17, 15) is 13.2 Å². The number of likely N-dealkylation sites (tertiary alicyclic amines) is 1. The van der Waals surface area contributed by atoms with Crippen molar-refractivity contribution in [3.05, 3.63) is 29.8 Å². The number of piperidine rings is 1. The monoisotopic (exact) mass is 339 g/mol. The molecule has 0 saturated carbocycles. The number of urea groups is 1. The summed E-state index contributed by atoms with van der Waals surface area (Å²) in [7, 11) is -3.50. The summed E-state index contributed by atoms with van der Waals surface area (Å²) in [6.45, 7) is 5.72. The van der Waals surface area contributed by atoms with E-state index in [2.05, 4.69) is 10.0 Å². The molecule has 2 rings (SSSR count). The maximum atomic E-state index is 12.4. The molecule has 0 radical (unpaired) electrons. The second-order valence-corrected chi connectivity index (χ2v) is 7.64. The van der Waals surface area contributed by atoms with Crippen LogP contribution in [0.4, 0.5) is 4.79 Å². The quantitative estimate of drug-likeness (QED) is 0.859. The van der Waals surface area contributed by atoms with Gasteiger partial charge in [0, 0.05) is 25.7 Å². The Labute approximate surface area is 138 Å². The van der Waals surface area contributed by atoms with E-state index in [4.69, 9.17) is 0 Å². The van der Waals surface area contributed by atoms with Crippen LogP contribution in [0.5, 0.6) is 0 Å². The van der Waals surface area contributed by atoms with E-state index in [1.807, 2.05) is 13.8 Å². The van der Waals surface area contributed by atoms with Gasteiger partial charge in [-0.05, 0) is 38.3 Å². The molecule has 1 aromatic carbocycles. The lowest BCUT2D eigenvalue weighted by Gasteiger charge is -2.32. The van der Waals surface area contributed by atoms with Gasteiger partial charge in [-0.3, -0.25) is 0 Å². The van der Waals surface area contributed by atoms with E-state index in [0.29, 0.717) is 32.5 Å². The first-order chi connectivity index (χ1) is 10.9. The molecule has 1 aliphatic heterocycles. The number of nitrogens with zero attached hydrogens (tertiary/aromatic N) is 1. The van der Waals surface area contributed by atoms with E-state index >= 15 is 0 Å². The molecule has 0 aliphatic carbocycles. The van der Waals surface area contributed by atoms with Crippen LogP contribution in [-0.4, -0.2) is 45.0 Å². The Balaban J connectivity index is 1.88. The van der Waals surface area contributed by atoms with Crippen LogP contribution in [-0.2, 0) is 10.0 Å². The van der Waals surface area contributed by atoms with Crippen LogP contribution < -0.4 is 10.0 Å². The maximum Gasteiger partial charge on any atom is 0.317 e. The van der Waals surface area contributed by atoms with Gasteiger partial charge in [0.05, 0.1) is 4.90 Å². The zero-order valence-corrected chi connectivity index (χ0v) is 14.5. The van der Waals surface area contributed by atoms with Gasteiger partial charge < -0.3 is 10.2 Å². The van der Waals surface area contributed by atoms with E-state index < -0.39 is 10.0 Å². The number of benzene rings is 1. The Kier molecular flexibility index (Phi) is 6.01. The number of carbonyl (C=O) groups excluding carboxylic acids is 1. The highest BCUT2D eigenvalue weighted by molar-refractivity contribution is 7.89. The van der Waals surface area contributed by atoms with Crippen molar-refractivity contribution < 1.29 is 13.2 Å². The van der Waals surface area contributed by atoms with Crippen molar-refractivity contribution >= 4 is 16.1 Å². The Hall–Kier alpha value is -1.60. The van der Waals surface area contributed by atoms with Crippen molar-refractivity contribution in [2.24, 2.45) is 0 Å². The van der Waals surface area contributed by atoms with Gasteiger partial charge >= 0.3 is 6.03 Å². The molecule has 6 nitrogen and oxygen atoms in total. The minimum atomic E-state index is -3.50. The molecular weight excluding hydrogens is 314 g/mol. The average Bonchev–Trinajstić information content (AvgIpc) is 2.53. The third-order valence-corrected chi connectivity index (χ3v) is 5.50. The summed E-state index contributed by atoms with van der Waals surface area (Å²) in [6, 6.07) is 6.61. The lowest BCUT2D eigenvalue weighted by Crippen LogP contribution is -2.49. The van der Waals surface area contributed by atoms with E-state index in [0.717, 1.165) is 12.0 Å². The number of rotatable bonds is 5. The number of nitrogens with one attached hydrogen (secondary N) is 2. The highest BCUT2D eigenvalue weighted by Gasteiger charge is 2.26. The molecule has 1 heterocycles. The summed E-state index contributed by atoms with van der Waals surface area (Å²) >= 11 is 0. The number of carbonyl (C=O) groups is 1. The van der Waals surface area contributed by atoms with Crippen LogP contribution in [0.2, 0.25) is 0 Å². The first-order valence-electron chi connectivity index (χ1n) is 8.04. The number of hydrogen-bond acceptors (Lipinski definition) is 3. The van der Waals surface area contributed by atoms with Gasteiger partial charge in [0.25, 0.3) is 0 Å². The minimum Gasteiger partial charge on any atom is -0.338 e. The van der Waals surface area contributed by atoms with Crippen LogP contribution >= 0.6 is 0 Å². The Bertz CT molecular complexity index is 620. The van der Waals surface area contributed by atoms with E-state index in [-0.39, 0.29) is 17.0 Å². The molecule has 1 fully saturated rings. The smallest absolute Gasteiger partial charge is 0.317 e. The first kappa shape index (κ1) is 17.7. The molecule has 1 saturated heterocycles. The fourth-order valence-electron chi connectivity index (χ4n) is 2.55. The molecule has 2 amide bonds. The lowest BCUT2D eigenvalue weighted by molar-refractivity contribution is 0.180. The SMILES string of the molecule is CCCNC(=O)N1CCC(NS(=O)(=O)c2ccc(C)cc2)CC1. The van der Waals surface area contributed by atoms with Crippen molar-refractivity contribution in [2.75, 3.05) is 19.6 Å². The van der Waals surface area contributed by atoms with Crippen molar-refractivity contribution in [1.29, 1.82) is 0 Å². The summed E-state index contributed by atoms with van der Waals surface area (Å²) < 4.78 is 27.5. The highest BCUT2D eigenvalue weighted by Crippen LogP contribution is 2.15. The average molecular weight is 339 g/mol. The Morgan fingerprint density at radius 2 is 1.83 bits per heavy atom.